The third-order valence-corrected chi connectivity index (χ3v) is 20.3. The molecule has 17 nitrogen and oxygen atoms in total. The smallest absolute Gasteiger partial charge is 0.462 e. The Bertz CT molecular complexity index is 1900. The molecule has 0 spiro atoms. The highest BCUT2D eigenvalue weighted by Crippen LogP contribution is 2.45. The normalized spacial score (nSPS) is 14.4. The van der Waals surface area contributed by atoms with E-state index in [9.17, 15) is 43.2 Å². The maximum Gasteiger partial charge on any atom is 0.472 e. The van der Waals surface area contributed by atoms with Crippen molar-refractivity contribution < 1.29 is 80.2 Å². The number of hydrogen-bond donors (Lipinski definition) is 3. The first-order valence-corrected chi connectivity index (χ1v) is 43.2. The lowest BCUT2D eigenvalue weighted by Gasteiger charge is -2.21. The molecule has 0 saturated carbocycles. The summed E-state index contributed by atoms with van der Waals surface area (Å²) in [4.78, 5) is 72.9. The number of hydrogen-bond acceptors (Lipinski definition) is 15. The number of rotatable bonds is 75. The zero-order valence-corrected chi connectivity index (χ0v) is 65.5. The fraction of sp³-hybridized carbons (Fsp3) is 0.949. The van der Waals surface area contributed by atoms with Crippen molar-refractivity contribution in [3.8, 4) is 0 Å². The standard InChI is InChI=1S/C78H152O17P2/c1-9-71(8)57-49-41-33-25-18-14-10-11-15-20-27-35-44-52-60-77(82)95-74(65-89-76(81)59-51-43-37-29-32-40-48-56-70(6)7)67-93-97(86,87)91-63-72(79)62-90-96(84,85)92-66-73(94-78(83)61-53-45-36-28-22-21-24-31-39-47-55-69(4)5)64-88-75(80)58-50-42-34-26-19-16-12-13-17-23-30-38-46-54-68(2)3/h68-74,79H,9-67H2,1-8H3,(H,84,85)(H,86,87)/t71?,72?,73-,74-/m1/s1. The molecule has 0 bridgehead atoms. The van der Waals surface area contributed by atoms with E-state index in [4.69, 9.17) is 37.0 Å². The van der Waals surface area contributed by atoms with Gasteiger partial charge in [0.05, 0.1) is 26.4 Å². The van der Waals surface area contributed by atoms with Crippen LogP contribution in [0.1, 0.15) is 396 Å². The molecule has 576 valence electrons. The molecule has 0 rings (SSSR count). The van der Waals surface area contributed by atoms with E-state index in [0.717, 1.165) is 114 Å². The Labute approximate surface area is 594 Å². The molecule has 0 aromatic rings. The minimum Gasteiger partial charge on any atom is -0.462 e. The van der Waals surface area contributed by atoms with Crippen molar-refractivity contribution in [1.29, 1.82) is 0 Å². The number of ether oxygens (including phenoxy) is 4. The Morgan fingerprint density at radius 3 is 0.732 bits per heavy atom. The lowest BCUT2D eigenvalue weighted by Crippen LogP contribution is -2.30. The highest BCUT2D eigenvalue weighted by Gasteiger charge is 2.30. The van der Waals surface area contributed by atoms with E-state index in [1.165, 1.54) is 193 Å². The van der Waals surface area contributed by atoms with Gasteiger partial charge in [-0.25, -0.2) is 9.13 Å². The van der Waals surface area contributed by atoms with Crippen LogP contribution in [0.4, 0.5) is 0 Å². The molecule has 0 aliphatic rings. The monoisotopic (exact) mass is 1420 g/mol. The first kappa shape index (κ1) is 95.1. The van der Waals surface area contributed by atoms with Crippen molar-refractivity contribution in [2.24, 2.45) is 23.7 Å². The summed E-state index contributed by atoms with van der Waals surface area (Å²) >= 11 is 0. The molecule has 0 amide bonds. The van der Waals surface area contributed by atoms with Crippen LogP contribution in [0.5, 0.6) is 0 Å². The Hall–Kier alpha value is -1.94. The third-order valence-electron chi connectivity index (χ3n) is 18.4. The second-order valence-electron chi connectivity index (χ2n) is 29.8. The van der Waals surface area contributed by atoms with Gasteiger partial charge in [0.1, 0.15) is 19.3 Å². The average molecular weight is 1420 g/mol. The topological polar surface area (TPSA) is 237 Å². The fourth-order valence-corrected chi connectivity index (χ4v) is 13.5. The molecule has 0 aliphatic heterocycles. The highest BCUT2D eigenvalue weighted by molar-refractivity contribution is 7.47. The van der Waals surface area contributed by atoms with Gasteiger partial charge in [-0.2, -0.15) is 0 Å². The summed E-state index contributed by atoms with van der Waals surface area (Å²) in [6.07, 6.45) is 52.7. The molecule has 0 fully saturated rings. The summed E-state index contributed by atoms with van der Waals surface area (Å²) in [5, 5.41) is 10.6. The zero-order chi connectivity index (χ0) is 71.7. The molecular formula is C78H152O17P2. The van der Waals surface area contributed by atoms with E-state index in [2.05, 4.69) is 55.4 Å². The highest BCUT2D eigenvalue weighted by atomic mass is 31.2. The van der Waals surface area contributed by atoms with Gasteiger partial charge < -0.3 is 33.8 Å². The van der Waals surface area contributed by atoms with Crippen LogP contribution in [0.25, 0.3) is 0 Å². The number of phosphoric ester groups is 2. The second kappa shape index (κ2) is 67.2. The van der Waals surface area contributed by atoms with Crippen LogP contribution in [0.2, 0.25) is 0 Å². The lowest BCUT2D eigenvalue weighted by molar-refractivity contribution is -0.161. The number of phosphoric acid groups is 2. The van der Waals surface area contributed by atoms with Crippen molar-refractivity contribution >= 4 is 39.5 Å². The largest absolute Gasteiger partial charge is 0.472 e. The van der Waals surface area contributed by atoms with Gasteiger partial charge in [-0.05, 0) is 49.4 Å². The van der Waals surface area contributed by atoms with Crippen molar-refractivity contribution in [3.63, 3.8) is 0 Å². The molecular weight excluding hydrogens is 1270 g/mol. The first-order valence-electron chi connectivity index (χ1n) is 40.2. The Kier molecular flexibility index (Phi) is 65.9. The van der Waals surface area contributed by atoms with Gasteiger partial charge in [-0.1, -0.05) is 344 Å². The summed E-state index contributed by atoms with van der Waals surface area (Å²) in [6, 6.07) is 0. The molecule has 3 N–H and O–H groups in total. The molecule has 97 heavy (non-hydrogen) atoms. The maximum atomic E-state index is 13.1. The quantitative estimate of drug-likeness (QED) is 0.0222. The summed E-state index contributed by atoms with van der Waals surface area (Å²) in [5.74, 6) is 0.975. The van der Waals surface area contributed by atoms with Gasteiger partial charge >= 0.3 is 39.5 Å². The Balaban J connectivity index is 5.23. The van der Waals surface area contributed by atoms with Crippen LogP contribution in [0, 0.1) is 23.7 Å². The summed E-state index contributed by atoms with van der Waals surface area (Å²) in [5.41, 5.74) is 0. The minimum absolute atomic E-state index is 0.106. The summed E-state index contributed by atoms with van der Waals surface area (Å²) in [7, 11) is -9.92. The van der Waals surface area contributed by atoms with Gasteiger partial charge in [-0.15, -0.1) is 0 Å². The van der Waals surface area contributed by atoms with Crippen molar-refractivity contribution in [2.45, 2.75) is 414 Å². The van der Waals surface area contributed by atoms with Gasteiger partial charge in [-0.3, -0.25) is 37.3 Å². The van der Waals surface area contributed by atoms with E-state index < -0.39 is 97.5 Å². The van der Waals surface area contributed by atoms with Crippen molar-refractivity contribution in [2.75, 3.05) is 39.6 Å². The van der Waals surface area contributed by atoms with Gasteiger partial charge in [0.15, 0.2) is 12.2 Å². The molecule has 0 aliphatic carbocycles. The summed E-state index contributed by atoms with van der Waals surface area (Å²) in [6.45, 7) is 14.2. The number of carbonyl (C=O) groups is 4. The summed E-state index contributed by atoms with van der Waals surface area (Å²) < 4.78 is 68.6. The maximum absolute atomic E-state index is 13.1. The zero-order valence-electron chi connectivity index (χ0n) is 63.7. The van der Waals surface area contributed by atoms with E-state index in [-0.39, 0.29) is 25.7 Å². The number of aliphatic hydroxyl groups excluding tert-OH is 1. The molecule has 6 atom stereocenters. The van der Waals surface area contributed by atoms with Crippen LogP contribution < -0.4 is 0 Å². The van der Waals surface area contributed by atoms with Crippen LogP contribution in [0.15, 0.2) is 0 Å². The first-order chi connectivity index (χ1) is 46.6. The van der Waals surface area contributed by atoms with E-state index in [0.29, 0.717) is 31.6 Å². The molecule has 0 aromatic carbocycles. The van der Waals surface area contributed by atoms with Crippen LogP contribution >= 0.6 is 15.6 Å². The molecule has 0 radical (unpaired) electrons. The number of aliphatic hydroxyl groups is 1. The van der Waals surface area contributed by atoms with Crippen LogP contribution in [0.3, 0.4) is 0 Å². The Morgan fingerprint density at radius 2 is 0.495 bits per heavy atom. The molecule has 0 saturated heterocycles. The molecule has 4 unspecified atom stereocenters. The number of carbonyl (C=O) groups excluding carboxylic acids is 4. The Morgan fingerprint density at radius 1 is 0.289 bits per heavy atom. The minimum atomic E-state index is -4.96. The third kappa shape index (κ3) is 70.9. The van der Waals surface area contributed by atoms with Gasteiger partial charge in [0.2, 0.25) is 0 Å². The SMILES string of the molecule is CCC(C)CCCCCCCCCCCCCCCCC(=O)O[C@H](COC(=O)CCCCCCCCCC(C)C)COP(=O)(O)OCC(O)COP(=O)(O)OC[C@@H](COC(=O)CCCCCCCCCCCCCCCC(C)C)OC(=O)CCCCCCCCCCCCC(C)C. The second-order valence-corrected chi connectivity index (χ2v) is 32.7. The molecule has 0 heterocycles. The van der Waals surface area contributed by atoms with Crippen molar-refractivity contribution in [3.05, 3.63) is 0 Å². The molecule has 0 aromatic heterocycles. The van der Waals surface area contributed by atoms with Gasteiger partial charge in [0.25, 0.3) is 0 Å². The van der Waals surface area contributed by atoms with Crippen LogP contribution in [-0.2, 0) is 65.4 Å². The van der Waals surface area contributed by atoms with E-state index in [1.807, 2.05) is 0 Å². The van der Waals surface area contributed by atoms with Gasteiger partial charge in [0, 0.05) is 25.7 Å². The number of esters is 4. The molecule has 19 heteroatoms. The lowest BCUT2D eigenvalue weighted by atomic mass is 9.99. The average Bonchev–Trinajstić information content (AvgIpc) is 1.30. The van der Waals surface area contributed by atoms with Crippen LogP contribution in [-0.4, -0.2) is 96.7 Å². The predicted octanol–water partition coefficient (Wildman–Crippen LogP) is 22.8. The van der Waals surface area contributed by atoms with E-state index in [1.54, 1.807) is 0 Å². The van der Waals surface area contributed by atoms with Crippen molar-refractivity contribution in [1.82, 2.24) is 0 Å². The number of unbranched alkanes of at least 4 members (excludes halogenated alkanes) is 40. The fourth-order valence-electron chi connectivity index (χ4n) is 11.9. The predicted molar refractivity (Wildman–Crippen MR) is 395 cm³/mol. The van der Waals surface area contributed by atoms with E-state index >= 15 is 0 Å².